The minimum atomic E-state index is 0.231. The number of nitrogen functional groups attached to an aromatic ring is 1. The third-order valence-corrected chi connectivity index (χ3v) is 1.68. The maximum atomic E-state index is 5.50. The number of aromatic nitrogens is 3. The summed E-state index contributed by atoms with van der Waals surface area (Å²) in [6.07, 6.45) is 0. The van der Waals surface area contributed by atoms with E-state index in [1.54, 1.807) is 7.05 Å². The Kier molecular flexibility index (Phi) is 2.84. The van der Waals surface area contributed by atoms with E-state index in [9.17, 15) is 0 Å². The van der Waals surface area contributed by atoms with E-state index in [1.807, 2.05) is 18.9 Å². The first-order valence-corrected chi connectivity index (χ1v) is 4.07. The van der Waals surface area contributed by atoms with E-state index in [4.69, 9.17) is 5.73 Å². The molecule has 6 nitrogen and oxygen atoms in total. The summed E-state index contributed by atoms with van der Waals surface area (Å²) in [5.41, 5.74) is 5.50. The molecule has 6 heteroatoms. The predicted molar refractivity (Wildman–Crippen MR) is 52.7 cm³/mol. The van der Waals surface area contributed by atoms with E-state index in [0.717, 1.165) is 6.54 Å². The summed E-state index contributed by atoms with van der Waals surface area (Å²) < 4.78 is 0. The average Bonchev–Trinajstić information content (AvgIpc) is 2.15. The minimum Gasteiger partial charge on any atom is -0.368 e. The second kappa shape index (κ2) is 3.88. The Morgan fingerprint density at radius 2 is 2.08 bits per heavy atom. The van der Waals surface area contributed by atoms with Crippen LogP contribution in [0.3, 0.4) is 0 Å². The Bertz CT molecular complexity index is 286. The molecule has 1 rings (SSSR count). The number of hydrogen-bond acceptors (Lipinski definition) is 6. The Morgan fingerprint density at radius 1 is 1.38 bits per heavy atom. The van der Waals surface area contributed by atoms with Crippen LogP contribution in [-0.4, -0.2) is 35.6 Å². The maximum Gasteiger partial charge on any atom is 0.231 e. The van der Waals surface area contributed by atoms with E-state index in [0.29, 0.717) is 11.9 Å². The van der Waals surface area contributed by atoms with Gasteiger partial charge in [0.15, 0.2) is 0 Å². The third kappa shape index (κ3) is 2.17. The van der Waals surface area contributed by atoms with Gasteiger partial charge in [-0.1, -0.05) is 0 Å². The van der Waals surface area contributed by atoms with Crippen molar-refractivity contribution in [3.8, 4) is 0 Å². The van der Waals surface area contributed by atoms with Crippen LogP contribution in [0.1, 0.15) is 6.92 Å². The van der Waals surface area contributed by atoms with Gasteiger partial charge in [0.05, 0.1) is 0 Å². The molecule has 0 amide bonds. The highest BCUT2D eigenvalue weighted by Crippen LogP contribution is 2.08. The van der Waals surface area contributed by atoms with Crippen LogP contribution in [0.15, 0.2) is 0 Å². The molecule has 1 aromatic rings. The van der Waals surface area contributed by atoms with Gasteiger partial charge in [0, 0.05) is 20.6 Å². The summed E-state index contributed by atoms with van der Waals surface area (Å²) >= 11 is 0. The summed E-state index contributed by atoms with van der Waals surface area (Å²) in [6.45, 7) is 2.84. The summed E-state index contributed by atoms with van der Waals surface area (Å²) in [5.74, 6) is 1.30. The Labute approximate surface area is 77.2 Å². The quantitative estimate of drug-likeness (QED) is 0.682. The van der Waals surface area contributed by atoms with Crippen LogP contribution in [-0.2, 0) is 0 Å². The van der Waals surface area contributed by atoms with Gasteiger partial charge < -0.3 is 16.0 Å². The van der Waals surface area contributed by atoms with Crippen molar-refractivity contribution in [2.75, 3.05) is 36.6 Å². The van der Waals surface area contributed by atoms with Gasteiger partial charge in [0.1, 0.15) is 0 Å². The molecule has 72 valence electrons. The number of nitrogens with one attached hydrogen (secondary N) is 1. The minimum absolute atomic E-state index is 0.231. The average molecular weight is 182 g/mol. The van der Waals surface area contributed by atoms with Crippen LogP contribution in [0, 0.1) is 0 Å². The van der Waals surface area contributed by atoms with Crippen molar-refractivity contribution in [2.45, 2.75) is 6.92 Å². The molecule has 0 fully saturated rings. The number of anilines is 3. The lowest BCUT2D eigenvalue weighted by atomic mass is 10.6. The molecule has 0 aliphatic carbocycles. The third-order valence-electron chi connectivity index (χ3n) is 1.68. The highest BCUT2D eigenvalue weighted by atomic mass is 15.3. The van der Waals surface area contributed by atoms with E-state index in [1.165, 1.54) is 0 Å². The van der Waals surface area contributed by atoms with Crippen LogP contribution in [0.5, 0.6) is 0 Å². The van der Waals surface area contributed by atoms with Gasteiger partial charge in [0.2, 0.25) is 17.8 Å². The molecule has 0 aromatic carbocycles. The molecule has 13 heavy (non-hydrogen) atoms. The molecule has 0 unspecified atom stereocenters. The first-order valence-electron chi connectivity index (χ1n) is 4.07. The summed E-state index contributed by atoms with van der Waals surface area (Å²) in [7, 11) is 3.64. The summed E-state index contributed by atoms with van der Waals surface area (Å²) in [5, 5.41) is 2.82. The summed E-state index contributed by atoms with van der Waals surface area (Å²) in [6, 6.07) is 0. The molecule has 0 radical (unpaired) electrons. The highest BCUT2D eigenvalue weighted by molar-refractivity contribution is 5.40. The first-order chi connectivity index (χ1) is 6.17. The highest BCUT2D eigenvalue weighted by Gasteiger charge is 2.05. The SMILES string of the molecule is CCN(C)c1nc(N)nc(NC)n1. The second-order valence-electron chi connectivity index (χ2n) is 2.58. The number of hydrogen-bond donors (Lipinski definition) is 2. The molecular weight excluding hydrogens is 168 g/mol. The van der Waals surface area contributed by atoms with Crippen molar-refractivity contribution in [3.63, 3.8) is 0 Å². The van der Waals surface area contributed by atoms with Crippen molar-refractivity contribution in [1.82, 2.24) is 15.0 Å². The van der Waals surface area contributed by atoms with Crippen LogP contribution in [0.2, 0.25) is 0 Å². The smallest absolute Gasteiger partial charge is 0.231 e. The van der Waals surface area contributed by atoms with Gasteiger partial charge >= 0.3 is 0 Å². The molecule has 3 N–H and O–H groups in total. The molecule has 0 saturated heterocycles. The molecule has 0 bridgehead atoms. The van der Waals surface area contributed by atoms with Gasteiger partial charge in [-0.25, -0.2) is 0 Å². The summed E-state index contributed by atoms with van der Waals surface area (Å²) in [4.78, 5) is 13.9. The molecule has 1 heterocycles. The predicted octanol–water partition coefficient (Wildman–Crippen LogP) is -0.0484. The molecule has 0 aliphatic heterocycles. The van der Waals surface area contributed by atoms with Gasteiger partial charge in [-0.05, 0) is 6.92 Å². The van der Waals surface area contributed by atoms with Crippen LogP contribution in [0.4, 0.5) is 17.8 Å². The fourth-order valence-corrected chi connectivity index (χ4v) is 0.805. The van der Waals surface area contributed by atoms with E-state index in [2.05, 4.69) is 20.3 Å². The van der Waals surface area contributed by atoms with Gasteiger partial charge in [-0.2, -0.15) is 15.0 Å². The molecule has 0 aliphatic rings. The Balaban J connectivity index is 3.01. The van der Waals surface area contributed by atoms with E-state index in [-0.39, 0.29) is 5.95 Å². The normalized spacial score (nSPS) is 9.77. The molecule has 0 atom stereocenters. The lowest BCUT2D eigenvalue weighted by Gasteiger charge is -2.14. The Hall–Kier alpha value is -1.59. The lowest BCUT2D eigenvalue weighted by Crippen LogP contribution is -2.20. The standard InChI is InChI=1S/C7H14N6/c1-4-13(3)7-11-5(8)10-6(9-2)12-7/h4H2,1-3H3,(H3,8,9,10,11,12). The lowest BCUT2D eigenvalue weighted by molar-refractivity contribution is 0.889. The van der Waals surface area contributed by atoms with Crippen LogP contribution < -0.4 is 16.0 Å². The van der Waals surface area contributed by atoms with E-state index < -0.39 is 0 Å². The zero-order valence-corrected chi connectivity index (χ0v) is 8.07. The zero-order valence-electron chi connectivity index (χ0n) is 8.07. The fraction of sp³-hybridized carbons (Fsp3) is 0.571. The van der Waals surface area contributed by atoms with Crippen molar-refractivity contribution in [2.24, 2.45) is 0 Å². The molecular formula is C7H14N6. The van der Waals surface area contributed by atoms with Crippen LogP contribution in [0.25, 0.3) is 0 Å². The van der Waals surface area contributed by atoms with Crippen LogP contribution >= 0.6 is 0 Å². The number of nitrogens with two attached hydrogens (primary N) is 1. The van der Waals surface area contributed by atoms with Gasteiger partial charge in [-0.3, -0.25) is 0 Å². The van der Waals surface area contributed by atoms with Gasteiger partial charge in [-0.15, -0.1) is 0 Å². The zero-order chi connectivity index (χ0) is 9.84. The van der Waals surface area contributed by atoms with Crippen molar-refractivity contribution >= 4 is 17.8 Å². The monoisotopic (exact) mass is 182 g/mol. The van der Waals surface area contributed by atoms with Crippen molar-refractivity contribution in [3.05, 3.63) is 0 Å². The van der Waals surface area contributed by atoms with Gasteiger partial charge in [0.25, 0.3) is 0 Å². The molecule has 1 aromatic heterocycles. The molecule has 0 spiro atoms. The fourth-order valence-electron chi connectivity index (χ4n) is 0.805. The maximum absolute atomic E-state index is 5.50. The second-order valence-corrected chi connectivity index (χ2v) is 2.58. The first kappa shape index (κ1) is 9.50. The Morgan fingerprint density at radius 3 is 2.62 bits per heavy atom. The van der Waals surface area contributed by atoms with Crippen molar-refractivity contribution in [1.29, 1.82) is 0 Å². The topological polar surface area (TPSA) is 80.0 Å². The number of rotatable bonds is 3. The van der Waals surface area contributed by atoms with Crippen molar-refractivity contribution < 1.29 is 0 Å². The molecule has 0 saturated carbocycles. The number of nitrogens with zero attached hydrogens (tertiary/aromatic N) is 4. The van der Waals surface area contributed by atoms with E-state index >= 15 is 0 Å². The largest absolute Gasteiger partial charge is 0.368 e.